The summed E-state index contributed by atoms with van der Waals surface area (Å²) in [6, 6.07) is 0.551. The number of hydrogen-bond donors (Lipinski definition) is 1. The second-order valence-electron chi connectivity index (χ2n) is 5.46. The number of hydrogen-bond acceptors (Lipinski definition) is 2. The van der Waals surface area contributed by atoms with Crippen molar-refractivity contribution in [2.24, 2.45) is 0 Å². The summed E-state index contributed by atoms with van der Waals surface area (Å²) in [6.45, 7) is 8.91. The molecule has 1 aliphatic heterocycles. The zero-order chi connectivity index (χ0) is 10.9. The van der Waals surface area contributed by atoms with Crippen LogP contribution in [0.4, 0.5) is 0 Å². The smallest absolute Gasteiger partial charge is 0.0644 e. The van der Waals surface area contributed by atoms with Gasteiger partial charge >= 0.3 is 0 Å². The third-order valence-electron chi connectivity index (χ3n) is 3.11. The average molecular weight is 207 g/mol. The van der Waals surface area contributed by atoms with Crippen molar-refractivity contribution in [3.63, 3.8) is 0 Å². The fourth-order valence-corrected chi connectivity index (χ4v) is 1.98. The van der Waals surface area contributed by atoms with E-state index in [2.05, 4.69) is 42.1 Å². The molecule has 3 nitrogen and oxygen atoms in total. The normalized spacial score (nSPS) is 23.0. The van der Waals surface area contributed by atoms with Crippen LogP contribution in [0.1, 0.15) is 45.2 Å². The van der Waals surface area contributed by atoms with Crippen molar-refractivity contribution < 1.29 is 0 Å². The molecule has 2 heterocycles. The van der Waals surface area contributed by atoms with Crippen LogP contribution in [-0.2, 0) is 5.41 Å². The minimum absolute atomic E-state index is 0.209. The monoisotopic (exact) mass is 207 g/mol. The van der Waals surface area contributed by atoms with Gasteiger partial charge in [-0.05, 0) is 30.4 Å². The summed E-state index contributed by atoms with van der Waals surface area (Å²) >= 11 is 0. The molecule has 0 saturated carbocycles. The van der Waals surface area contributed by atoms with Gasteiger partial charge in [-0.2, -0.15) is 5.10 Å². The lowest BCUT2D eigenvalue weighted by Gasteiger charge is -2.23. The molecule has 2 rings (SSSR count). The van der Waals surface area contributed by atoms with Crippen LogP contribution in [0, 0.1) is 0 Å². The zero-order valence-corrected chi connectivity index (χ0v) is 9.95. The predicted molar refractivity (Wildman–Crippen MR) is 62.1 cm³/mol. The van der Waals surface area contributed by atoms with Crippen molar-refractivity contribution in [2.75, 3.05) is 13.1 Å². The van der Waals surface area contributed by atoms with E-state index in [-0.39, 0.29) is 5.41 Å². The topological polar surface area (TPSA) is 29.9 Å². The van der Waals surface area contributed by atoms with Crippen LogP contribution in [0.5, 0.6) is 0 Å². The van der Waals surface area contributed by atoms with Crippen LogP contribution in [-0.4, -0.2) is 22.9 Å². The molecule has 1 aromatic rings. The van der Waals surface area contributed by atoms with E-state index < -0.39 is 0 Å². The van der Waals surface area contributed by atoms with Crippen molar-refractivity contribution in [1.29, 1.82) is 0 Å². The fourth-order valence-electron chi connectivity index (χ4n) is 1.98. The van der Waals surface area contributed by atoms with Gasteiger partial charge in [0.05, 0.1) is 12.2 Å². The van der Waals surface area contributed by atoms with E-state index in [1.165, 1.54) is 18.4 Å². The van der Waals surface area contributed by atoms with E-state index in [1.54, 1.807) is 0 Å². The first-order chi connectivity index (χ1) is 7.07. The van der Waals surface area contributed by atoms with Crippen molar-refractivity contribution in [3.05, 3.63) is 18.0 Å². The van der Waals surface area contributed by atoms with E-state index in [0.29, 0.717) is 6.04 Å². The Morgan fingerprint density at radius 2 is 2.27 bits per heavy atom. The summed E-state index contributed by atoms with van der Waals surface area (Å²) in [4.78, 5) is 0. The lowest BCUT2D eigenvalue weighted by Crippen LogP contribution is -2.31. The van der Waals surface area contributed by atoms with Gasteiger partial charge in [-0.1, -0.05) is 20.8 Å². The van der Waals surface area contributed by atoms with E-state index in [4.69, 9.17) is 0 Å². The van der Waals surface area contributed by atoms with Gasteiger partial charge < -0.3 is 5.32 Å². The Morgan fingerprint density at radius 3 is 2.80 bits per heavy atom. The largest absolute Gasteiger partial charge is 0.315 e. The predicted octanol–water partition coefficient (Wildman–Crippen LogP) is 2.11. The van der Waals surface area contributed by atoms with Crippen molar-refractivity contribution in [3.8, 4) is 0 Å². The Hall–Kier alpha value is -0.830. The number of nitrogens with zero attached hydrogens (tertiary/aromatic N) is 2. The van der Waals surface area contributed by atoms with Crippen molar-refractivity contribution in [2.45, 2.75) is 45.1 Å². The molecule has 1 N–H and O–H groups in total. The molecule has 3 heteroatoms. The Kier molecular flexibility index (Phi) is 2.83. The van der Waals surface area contributed by atoms with E-state index >= 15 is 0 Å². The lowest BCUT2D eigenvalue weighted by molar-refractivity contribution is 0.346. The van der Waals surface area contributed by atoms with Crippen LogP contribution in [0.15, 0.2) is 12.4 Å². The summed E-state index contributed by atoms with van der Waals surface area (Å²) in [5, 5.41) is 7.90. The Bertz CT molecular complexity index is 316. The molecule has 0 aromatic carbocycles. The zero-order valence-electron chi connectivity index (χ0n) is 9.95. The highest BCUT2D eigenvalue weighted by Crippen LogP contribution is 2.23. The van der Waals surface area contributed by atoms with Crippen LogP contribution in [0.25, 0.3) is 0 Å². The van der Waals surface area contributed by atoms with Crippen LogP contribution >= 0.6 is 0 Å². The summed E-state index contributed by atoms with van der Waals surface area (Å²) in [5.74, 6) is 0. The third-order valence-corrected chi connectivity index (χ3v) is 3.11. The highest BCUT2D eigenvalue weighted by atomic mass is 15.3. The molecule has 1 fully saturated rings. The molecule has 15 heavy (non-hydrogen) atoms. The average Bonchev–Trinajstić information content (AvgIpc) is 2.67. The number of nitrogens with one attached hydrogen (secondary N) is 1. The fraction of sp³-hybridized carbons (Fsp3) is 0.750. The van der Waals surface area contributed by atoms with E-state index in [9.17, 15) is 0 Å². The first-order valence-electron chi connectivity index (χ1n) is 5.83. The summed E-state index contributed by atoms with van der Waals surface area (Å²) in [7, 11) is 0. The van der Waals surface area contributed by atoms with Gasteiger partial charge in [0.15, 0.2) is 0 Å². The SMILES string of the molecule is CC(C)(C)c1cnn([C@H]2CCCNC2)c1. The van der Waals surface area contributed by atoms with Crippen LogP contribution in [0.3, 0.4) is 0 Å². The minimum Gasteiger partial charge on any atom is -0.315 e. The van der Waals surface area contributed by atoms with Crippen LogP contribution in [0.2, 0.25) is 0 Å². The minimum atomic E-state index is 0.209. The van der Waals surface area contributed by atoms with E-state index in [1.807, 2.05) is 6.20 Å². The molecule has 0 radical (unpaired) electrons. The molecule has 0 spiro atoms. The van der Waals surface area contributed by atoms with Gasteiger partial charge in [-0.25, -0.2) is 0 Å². The van der Waals surface area contributed by atoms with Crippen molar-refractivity contribution in [1.82, 2.24) is 15.1 Å². The molecule has 1 aliphatic rings. The van der Waals surface area contributed by atoms with Crippen LogP contribution < -0.4 is 5.32 Å². The first kappa shape index (κ1) is 10.7. The lowest BCUT2D eigenvalue weighted by atomic mass is 9.90. The number of aromatic nitrogens is 2. The Balaban J connectivity index is 2.12. The molecule has 84 valence electrons. The number of piperidine rings is 1. The molecule has 0 unspecified atom stereocenters. The molecule has 1 atom stereocenters. The van der Waals surface area contributed by atoms with Gasteiger partial charge in [0.25, 0.3) is 0 Å². The van der Waals surface area contributed by atoms with Gasteiger partial charge in [0, 0.05) is 12.7 Å². The van der Waals surface area contributed by atoms with Gasteiger partial charge in [0.2, 0.25) is 0 Å². The third kappa shape index (κ3) is 2.40. The molecule has 1 aromatic heterocycles. The molecule has 0 amide bonds. The standard InChI is InChI=1S/C12H21N3/c1-12(2,3)10-7-14-15(9-10)11-5-4-6-13-8-11/h7,9,11,13H,4-6,8H2,1-3H3/t11-/m0/s1. The molecule has 0 aliphatic carbocycles. The second kappa shape index (κ2) is 3.97. The van der Waals surface area contributed by atoms with Gasteiger partial charge in [-0.3, -0.25) is 4.68 Å². The maximum absolute atomic E-state index is 4.48. The summed E-state index contributed by atoms with van der Waals surface area (Å²) < 4.78 is 2.13. The summed E-state index contributed by atoms with van der Waals surface area (Å²) in [5.41, 5.74) is 1.54. The quantitative estimate of drug-likeness (QED) is 0.764. The Morgan fingerprint density at radius 1 is 1.47 bits per heavy atom. The highest BCUT2D eigenvalue weighted by Gasteiger charge is 2.19. The molecular formula is C12H21N3. The second-order valence-corrected chi connectivity index (χ2v) is 5.46. The van der Waals surface area contributed by atoms with Gasteiger partial charge in [-0.15, -0.1) is 0 Å². The molecule has 0 bridgehead atoms. The maximum Gasteiger partial charge on any atom is 0.0644 e. The van der Waals surface area contributed by atoms with Crippen molar-refractivity contribution >= 4 is 0 Å². The Labute approximate surface area is 91.9 Å². The highest BCUT2D eigenvalue weighted by molar-refractivity contribution is 5.15. The first-order valence-corrected chi connectivity index (χ1v) is 5.83. The number of rotatable bonds is 1. The molecular weight excluding hydrogens is 186 g/mol. The van der Waals surface area contributed by atoms with Gasteiger partial charge in [0.1, 0.15) is 0 Å². The summed E-state index contributed by atoms with van der Waals surface area (Å²) in [6.07, 6.45) is 6.72. The maximum atomic E-state index is 4.48. The molecule has 1 saturated heterocycles. The van der Waals surface area contributed by atoms with E-state index in [0.717, 1.165) is 13.1 Å².